The number of halogens is 3. The molecule has 2 N–H and O–H groups in total. The van der Waals surface area contributed by atoms with E-state index in [1.807, 2.05) is 12.1 Å². The van der Waals surface area contributed by atoms with Gasteiger partial charge < -0.3 is 28.8 Å². The molecule has 224 valence electrons. The van der Waals surface area contributed by atoms with Crippen LogP contribution in [0.2, 0.25) is 0 Å². The lowest BCUT2D eigenvalue weighted by Crippen LogP contribution is -2.40. The van der Waals surface area contributed by atoms with Crippen LogP contribution in [0.5, 0.6) is 5.75 Å². The lowest BCUT2D eigenvalue weighted by atomic mass is 9.87. The van der Waals surface area contributed by atoms with Crippen LogP contribution in [0.1, 0.15) is 29.4 Å². The second-order valence-electron chi connectivity index (χ2n) is 9.78. The SMILES string of the molecule is O=C(O)C(F)(F)F.c1coc(-c2noc(COc3ccc(C4CCNCC4OCc4ccc5ccccc5c4)cc3)n2)c1. The van der Waals surface area contributed by atoms with Crippen LogP contribution in [0.3, 0.4) is 0 Å². The molecule has 3 heterocycles. The first kappa shape index (κ1) is 29.8. The molecule has 12 heteroatoms. The van der Waals surface area contributed by atoms with Crippen LogP contribution in [0.15, 0.2) is 94.1 Å². The molecule has 9 nitrogen and oxygen atoms in total. The highest BCUT2D eigenvalue weighted by atomic mass is 19.4. The fourth-order valence-electron chi connectivity index (χ4n) is 4.69. The van der Waals surface area contributed by atoms with Gasteiger partial charge in [-0.3, -0.25) is 0 Å². The smallest absolute Gasteiger partial charge is 0.484 e. The first-order chi connectivity index (χ1) is 20.8. The summed E-state index contributed by atoms with van der Waals surface area (Å²) < 4.78 is 54.6. The third-order valence-electron chi connectivity index (χ3n) is 6.83. The Labute approximate surface area is 244 Å². The number of ether oxygens (including phenoxy) is 2. The summed E-state index contributed by atoms with van der Waals surface area (Å²) in [5.74, 6) is -0.312. The number of aliphatic carboxylic acids is 1. The Morgan fingerprint density at radius 3 is 2.49 bits per heavy atom. The van der Waals surface area contributed by atoms with Gasteiger partial charge in [0.15, 0.2) is 12.4 Å². The third-order valence-corrected chi connectivity index (χ3v) is 6.83. The number of fused-ring (bicyclic) bond motifs is 1. The van der Waals surface area contributed by atoms with Crippen LogP contribution in [0.4, 0.5) is 13.2 Å². The van der Waals surface area contributed by atoms with E-state index in [1.54, 1.807) is 18.4 Å². The van der Waals surface area contributed by atoms with E-state index in [1.165, 1.54) is 21.9 Å². The highest BCUT2D eigenvalue weighted by molar-refractivity contribution is 5.82. The molecule has 0 bridgehead atoms. The normalized spacial score (nSPS) is 16.8. The van der Waals surface area contributed by atoms with Crippen molar-refractivity contribution in [3.8, 4) is 17.3 Å². The molecule has 1 aliphatic heterocycles. The van der Waals surface area contributed by atoms with Crippen LogP contribution in [-0.4, -0.2) is 46.6 Å². The number of benzene rings is 3. The number of rotatable bonds is 8. The monoisotopic (exact) mass is 595 g/mol. The molecule has 0 saturated carbocycles. The highest BCUT2D eigenvalue weighted by Gasteiger charge is 2.38. The lowest BCUT2D eigenvalue weighted by molar-refractivity contribution is -0.192. The van der Waals surface area contributed by atoms with Gasteiger partial charge in [0.25, 0.3) is 5.89 Å². The second kappa shape index (κ2) is 13.5. The van der Waals surface area contributed by atoms with Gasteiger partial charge in [0.05, 0.1) is 19.0 Å². The van der Waals surface area contributed by atoms with Gasteiger partial charge in [0.2, 0.25) is 5.82 Å². The van der Waals surface area contributed by atoms with Crippen molar-refractivity contribution in [3.05, 3.63) is 102 Å². The summed E-state index contributed by atoms with van der Waals surface area (Å²) in [5.41, 5.74) is 2.45. The number of hydrogen-bond donors (Lipinski definition) is 2. The largest absolute Gasteiger partial charge is 0.490 e. The van der Waals surface area contributed by atoms with E-state index in [2.05, 4.69) is 70.1 Å². The minimum atomic E-state index is -5.08. The summed E-state index contributed by atoms with van der Waals surface area (Å²) in [6.45, 7) is 2.61. The zero-order chi connectivity index (χ0) is 30.2. The van der Waals surface area contributed by atoms with Crippen molar-refractivity contribution >= 4 is 16.7 Å². The van der Waals surface area contributed by atoms with E-state index >= 15 is 0 Å². The third kappa shape index (κ3) is 7.99. The molecule has 2 aromatic heterocycles. The topological polar surface area (TPSA) is 120 Å². The van der Waals surface area contributed by atoms with Crippen LogP contribution in [0.25, 0.3) is 22.4 Å². The van der Waals surface area contributed by atoms with Gasteiger partial charge in [-0.05, 0) is 65.2 Å². The van der Waals surface area contributed by atoms with Crippen molar-refractivity contribution in [2.24, 2.45) is 0 Å². The number of piperidine rings is 1. The Morgan fingerprint density at radius 1 is 1.00 bits per heavy atom. The van der Waals surface area contributed by atoms with Crippen molar-refractivity contribution in [2.45, 2.75) is 37.8 Å². The second-order valence-corrected chi connectivity index (χ2v) is 9.78. The number of carboxylic acid groups (broad SMARTS) is 1. The lowest BCUT2D eigenvalue weighted by Gasteiger charge is -2.32. The summed E-state index contributed by atoms with van der Waals surface area (Å²) in [4.78, 5) is 13.2. The maximum atomic E-state index is 10.6. The molecule has 5 aromatic rings. The van der Waals surface area contributed by atoms with Crippen LogP contribution in [0, 0.1) is 0 Å². The van der Waals surface area contributed by atoms with Crippen LogP contribution >= 0.6 is 0 Å². The number of hydrogen-bond acceptors (Lipinski definition) is 8. The van der Waals surface area contributed by atoms with Gasteiger partial charge in [-0.2, -0.15) is 18.2 Å². The van der Waals surface area contributed by atoms with E-state index in [0.717, 1.165) is 25.3 Å². The molecule has 0 radical (unpaired) electrons. The molecule has 2 unspecified atom stereocenters. The highest BCUT2D eigenvalue weighted by Crippen LogP contribution is 2.30. The maximum Gasteiger partial charge on any atom is 0.490 e. The molecule has 0 amide bonds. The van der Waals surface area contributed by atoms with Gasteiger partial charge in [0.1, 0.15) is 5.75 Å². The molecule has 0 spiro atoms. The number of furan rings is 1. The summed E-state index contributed by atoms with van der Waals surface area (Å²) in [6, 6.07) is 26.7. The van der Waals surface area contributed by atoms with Gasteiger partial charge >= 0.3 is 12.1 Å². The van der Waals surface area contributed by atoms with Gasteiger partial charge in [-0.25, -0.2) is 4.79 Å². The molecule has 1 saturated heterocycles. The molecule has 43 heavy (non-hydrogen) atoms. The molecule has 6 rings (SSSR count). The Bertz CT molecular complexity index is 1620. The van der Waals surface area contributed by atoms with Gasteiger partial charge in [-0.1, -0.05) is 53.7 Å². The number of carboxylic acids is 1. The van der Waals surface area contributed by atoms with Crippen molar-refractivity contribution in [2.75, 3.05) is 13.1 Å². The maximum absolute atomic E-state index is 10.6. The zero-order valence-electron chi connectivity index (χ0n) is 22.8. The number of nitrogens with one attached hydrogen (secondary N) is 1. The van der Waals surface area contributed by atoms with E-state index in [0.29, 0.717) is 30.0 Å². The minimum Gasteiger partial charge on any atom is -0.484 e. The molecule has 2 atom stereocenters. The first-order valence-corrected chi connectivity index (χ1v) is 13.5. The number of nitrogens with zero attached hydrogens (tertiary/aromatic N) is 2. The number of aromatic nitrogens is 2. The van der Waals surface area contributed by atoms with E-state index in [4.69, 9.17) is 28.3 Å². The van der Waals surface area contributed by atoms with Gasteiger partial charge in [-0.15, -0.1) is 0 Å². The summed E-state index contributed by atoms with van der Waals surface area (Å²) >= 11 is 0. The van der Waals surface area contributed by atoms with E-state index < -0.39 is 12.1 Å². The zero-order valence-corrected chi connectivity index (χ0v) is 22.8. The first-order valence-electron chi connectivity index (χ1n) is 13.5. The fourth-order valence-corrected chi connectivity index (χ4v) is 4.69. The van der Waals surface area contributed by atoms with Crippen LogP contribution in [-0.2, 0) is 22.7 Å². The predicted octanol–water partition coefficient (Wildman–Crippen LogP) is 6.36. The van der Waals surface area contributed by atoms with E-state index in [9.17, 15) is 13.2 Å². The Kier molecular flexibility index (Phi) is 9.38. The average Bonchev–Trinajstić information content (AvgIpc) is 3.72. The van der Waals surface area contributed by atoms with Crippen molar-refractivity contribution in [1.82, 2.24) is 15.5 Å². The van der Waals surface area contributed by atoms with Crippen LogP contribution < -0.4 is 10.1 Å². The molecule has 0 aliphatic carbocycles. The fraction of sp³-hybridized carbons (Fsp3) is 0.258. The average molecular weight is 596 g/mol. The Morgan fingerprint density at radius 2 is 1.77 bits per heavy atom. The number of carbonyl (C=O) groups is 1. The van der Waals surface area contributed by atoms with Gasteiger partial charge in [0, 0.05) is 12.5 Å². The molecule has 3 aromatic carbocycles. The molecular formula is C31H28F3N3O6. The minimum absolute atomic E-state index is 0.107. The predicted molar refractivity (Wildman–Crippen MR) is 149 cm³/mol. The summed E-state index contributed by atoms with van der Waals surface area (Å²) in [7, 11) is 0. The quantitative estimate of drug-likeness (QED) is 0.211. The molecular weight excluding hydrogens is 567 g/mol. The molecule has 1 aliphatic rings. The van der Waals surface area contributed by atoms with Crippen molar-refractivity contribution in [3.63, 3.8) is 0 Å². The Hall–Kier alpha value is -4.68. The summed E-state index contributed by atoms with van der Waals surface area (Å²) in [6.07, 6.45) is -2.37. The standard InChI is InChI=1S/C29H27N3O4.C2HF3O2/c1-2-5-23-16-20(7-8-21(23)4-1)18-35-27-17-30-14-13-25(27)22-9-11-24(12-10-22)34-19-28-31-29(32-36-28)26-6-3-15-33-26;3-2(4,5)1(6)7/h1-12,15-16,25,27,30H,13-14,17-19H2;(H,6,7). The Balaban J connectivity index is 0.000000472. The van der Waals surface area contributed by atoms with Crippen molar-refractivity contribution < 1.29 is 41.5 Å². The summed E-state index contributed by atoms with van der Waals surface area (Å²) in [5, 5.41) is 17.0. The van der Waals surface area contributed by atoms with Crippen molar-refractivity contribution in [1.29, 1.82) is 0 Å². The molecule has 1 fully saturated rings. The number of alkyl halides is 3. The van der Waals surface area contributed by atoms with E-state index in [-0.39, 0.29) is 12.7 Å².